The first-order valence-electron chi connectivity index (χ1n) is 7.69. The lowest BCUT2D eigenvalue weighted by atomic mass is 10.0. The van der Waals surface area contributed by atoms with Crippen molar-refractivity contribution in [1.82, 2.24) is 10.3 Å². The summed E-state index contributed by atoms with van der Waals surface area (Å²) < 4.78 is 4.71. The smallest absolute Gasteiger partial charge is 0.307 e. The van der Waals surface area contributed by atoms with Crippen molar-refractivity contribution in [2.24, 2.45) is 5.10 Å². The summed E-state index contributed by atoms with van der Waals surface area (Å²) in [5.74, 6) is -0.932. The Morgan fingerprint density at radius 1 is 1.29 bits per heavy atom. The largest absolute Gasteiger partial charge is 0.469 e. The number of esters is 1. The molecule has 1 unspecified atom stereocenters. The third-order valence-electron chi connectivity index (χ3n) is 3.85. The summed E-state index contributed by atoms with van der Waals surface area (Å²) in [6, 6.07) is 7.03. The molecule has 1 aromatic carbocycles. The van der Waals surface area contributed by atoms with Crippen molar-refractivity contribution >= 4 is 23.5 Å². The standard InChI is InChI=1S/C17H21N3O4/c1-11-4-6-12(7-5-11)14(10-16(22)24-3)18-17(23)13-8-9-15(21)20(2)19-13/h4-7,14H,8-10H2,1-3H3,(H,18,23). The van der Waals surface area contributed by atoms with Gasteiger partial charge in [-0.3, -0.25) is 14.4 Å². The number of rotatable bonds is 5. The number of ether oxygens (including phenoxy) is 1. The van der Waals surface area contributed by atoms with Crippen molar-refractivity contribution < 1.29 is 19.1 Å². The second kappa shape index (κ2) is 7.72. The second-order valence-corrected chi connectivity index (χ2v) is 5.68. The zero-order valence-electron chi connectivity index (χ0n) is 14.0. The predicted octanol–water partition coefficient (Wildman–Crippen LogP) is 1.32. The van der Waals surface area contributed by atoms with Gasteiger partial charge >= 0.3 is 5.97 Å². The van der Waals surface area contributed by atoms with Gasteiger partial charge in [0.2, 0.25) is 5.91 Å². The van der Waals surface area contributed by atoms with Crippen LogP contribution in [0.25, 0.3) is 0 Å². The first-order valence-corrected chi connectivity index (χ1v) is 7.69. The first kappa shape index (κ1) is 17.7. The third kappa shape index (κ3) is 4.41. The molecule has 0 aromatic heterocycles. The first-order chi connectivity index (χ1) is 11.4. The Kier molecular flexibility index (Phi) is 5.68. The number of hydrogen-bond acceptors (Lipinski definition) is 5. The number of hydrazone groups is 1. The van der Waals surface area contributed by atoms with Crippen molar-refractivity contribution in [2.45, 2.75) is 32.2 Å². The fourth-order valence-electron chi connectivity index (χ4n) is 2.38. The summed E-state index contributed by atoms with van der Waals surface area (Å²) in [5.41, 5.74) is 2.16. The van der Waals surface area contributed by atoms with E-state index in [0.717, 1.165) is 11.1 Å². The maximum atomic E-state index is 12.4. The summed E-state index contributed by atoms with van der Waals surface area (Å²) >= 11 is 0. The predicted molar refractivity (Wildman–Crippen MR) is 88.1 cm³/mol. The maximum Gasteiger partial charge on any atom is 0.307 e. The average Bonchev–Trinajstić information content (AvgIpc) is 2.57. The zero-order valence-corrected chi connectivity index (χ0v) is 14.0. The minimum absolute atomic E-state index is 0.0212. The third-order valence-corrected chi connectivity index (χ3v) is 3.85. The van der Waals surface area contributed by atoms with E-state index < -0.39 is 12.0 Å². The molecule has 0 saturated heterocycles. The molecule has 0 radical (unpaired) electrons. The number of nitrogens with one attached hydrogen (secondary N) is 1. The van der Waals surface area contributed by atoms with E-state index in [0.29, 0.717) is 0 Å². The van der Waals surface area contributed by atoms with Gasteiger partial charge in [-0.1, -0.05) is 29.8 Å². The lowest BCUT2D eigenvalue weighted by molar-refractivity contribution is -0.141. The summed E-state index contributed by atoms with van der Waals surface area (Å²) in [6.07, 6.45) is 0.552. The quantitative estimate of drug-likeness (QED) is 0.824. The molecule has 0 bridgehead atoms. The molecule has 1 N–H and O–H groups in total. The molecule has 1 aliphatic heterocycles. The Morgan fingerprint density at radius 2 is 1.96 bits per heavy atom. The Hall–Kier alpha value is -2.70. The topological polar surface area (TPSA) is 88.1 Å². The van der Waals surface area contributed by atoms with Gasteiger partial charge < -0.3 is 10.1 Å². The van der Waals surface area contributed by atoms with Crippen LogP contribution in [0.4, 0.5) is 0 Å². The van der Waals surface area contributed by atoms with Gasteiger partial charge in [-0.25, -0.2) is 5.01 Å². The van der Waals surface area contributed by atoms with E-state index in [4.69, 9.17) is 4.74 Å². The number of aryl methyl sites for hydroxylation is 1. The van der Waals surface area contributed by atoms with E-state index in [-0.39, 0.29) is 36.8 Å². The van der Waals surface area contributed by atoms with Gasteiger partial charge in [-0.2, -0.15) is 5.10 Å². The van der Waals surface area contributed by atoms with Crippen molar-refractivity contribution in [2.75, 3.05) is 14.2 Å². The minimum Gasteiger partial charge on any atom is -0.469 e. The molecule has 7 nitrogen and oxygen atoms in total. The van der Waals surface area contributed by atoms with Crippen LogP contribution < -0.4 is 5.32 Å². The fourth-order valence-corrected chi connectivity index (χ4v) is 2.38. The molecular weight excluding hydrogens is 310 g/mol. The highest BCUT2D eigenvalue weighted by molar-refractivity contribution is 6.39. The number of carbonyl (C=O) groups is 3. The summed E-state index contributed by atoms with van der Waals surface area (Å²) in [7, 11) is 2.82. The van der Waals surface area contributed by atoms with E-state index >= 15 is 0 Å². The number of hydrogen-bond donors (Lipinski definition) is 1. The van der Waals surface area contributed by atoms with Crippen LogP contribution in [-0.4, -0.2) is 42.7 Å². The van der Waals surface area contributed by atoms with Gasteiger partial charge in [0.15, 0.2) is 0 Å². The van der Waals surface area contributed by atoms with Crippen LogP contribution in [0.3, 0.4) is 0 Å². The highest BCUT2D eigenvalue weighted by atomic mass is 16.5. The van der Waals surface area contributed by atoms with Crippen molar-refractivity contribution in [3.63, 3.8) is 0 Å². The number of carbonyl (C=O) groups excluding carboxylic acids is 3. The summed E-state index contributed by atoms with van der Waals surface area (Å²) in [4.78, 5) is 35.5. The molecule has 1 atom stereocenters. The van der Waals surface area contributed by atoms with Crippen molar-refractivity contribution in [1.29, 1.82) is 0 Å². The molecule has 2 amide bonds. The number of nitrogens with zero attached hydrogens (tertiary/aromatic N) is 2. The molecule has 1 aliphatic rings. The lowest BCUT2D eigenvalue weighted by Crippen LogP contribution is -2.39. The normalized spacial score (nSPS) is 15.5. The molecule has 0 aliphatic carbocycles. The van der Waals surface area contributed by atoms with Gasteiger partial charge in [0, 0.05) is 19.9 Å². The van der Waals surface area contributed by atoms with Gasteiger partial charge in [-0.15, -0.1) is 0 Å². The second-order valence-electron chi connectivity index (χ2n) is 5.68. The van der Waals surface area contributed by atoms with Gasteiger partial charge in [0.25, 0.3) is 5.91 Å². The maximum absolute atomic E-state index is 12.4. The average molecular weight is 331 g/mol. The molecule has 0 fully saturated rings. The monoisotopic (exact) mass is 331 g/mol. The number of amides is 2. The molecule has 1 heterocycles. The Bertz CT molecular complexity index is 667. The molecule has 1 aromatic rings. The van der Waals surface area contributed by atoms with Crippen LogP contribution >= 0.6 is 0 Å². The summed E-state index contributed by atoms with van der Waals surface area (Å²) in [5, 5.41) is 7.98. The van der Waals surface area contributed by atoms with E-state index in [1.54, 1.807) is 0 Å². The van der Waals surface area contributed by atoms with E-state index in [9.17, 15) is 14.4 Å². The van der Waals surface area contributed by atoms with Gasteiger partial charge in [0.05, 0.1) is 19.6 Å². The Morgan fingerprint density at radius 3 is 2.54 bits per heavy atom. The Labute approximate surface area is 140 Å². The van der Waals surface area contributed by atoms with Crippen LogP contribution in [0.5, 0.6) is 0 Å². The molecule has 7 heteroatoms. The van der Waals surface area contributed by atoms with Gasteiger partial charge in [-0.05, 0) is 12.5 Å². The molecule has 128 valence electrons. The molecule has 2 rings (SSSR count). The van der Waals surface area contributed by atoms with E-state index in [1.807, 2.05) is 31.2 Å². The number of benzene rings is 1. The van der Waals surface area contributed by atoms with Crippen LogP contribution in [0.2, 0.25) is 0 Å². The highest BCUT2D eigenvalue weighted by Gasteiger charge is 2.25. The van der Waals surface area contributed by atoms with Crippen LogP contribution in [-0.2, 0) is 19.1 Å². The lowest BCUT2D eigenvalue weighted by Gasteiger charge is -2.22. The summed E-state index contributed by atoms with van der Waals surface area (Å²) in [6.45, 7) is 1.96. The van der Waals surface area contributed by atoms with Crippen molar-refractivity contribution in [3.8, 4) is 0 Å². The highest BCUT2D eigenvalue weighted by Crippen LogP contribution is 2.19. The molecule has 24 heavy (non-hydrogen) atoms. The SMILES string of the molecule is COC(=O)CC(NC(=O)C1=NN(C)C(=O)CC1)c1ccc(C)cc1. The zero-order chi connectivity index (χ0) is 17.7. The van der Waals surface area contributed by atoms with E-state index in [2.05, 4.69) is 10.4 Å². The Balaban J connectivity index is 2.17. The van der Waals surface area contributed by atoms with Crippen LogP contribution in [0.1, 0.15) is 36.4 Å². The van der Waals surface area contributed by atoms with Crippen LogP contribution in [0, 0.1) is 6.92 Å². The number of methoxy groups -OCH3 is 1. The van der Waals surface area contributed by atoms with Crippen LogP contribution in [0.15, 0.2) is 29.4 Å². The van der Waals surface area contributed by atoms with Crippen molar-refractivity contribution in [3.05, 3.63) is 35.4 Å². The van der Waals surface area contributed by atoms with Gasteiger partial charge in [0.1, 0.15) is 5.71 Å². The molecular formula is C17H21N3O4. The molecule has 0 spiro atoms. The fraction of sp³-hybridized carbons (Fsp3) is 0.412. The minimum atomic E-state index is -0.517. The van der Waals surface area contributed by atoms with E-state index in [1.165, 1.54) is 19.2 Å². The molecule has 0 saturated carbocycles.